The van der Waals surface area contributed by atoms with Crippen LogP contribution in [-0.2, 0) is 0 Å². The van der Waals surface area contributed by atoms with E-state index in [0.717, 1.165) is 21.5 Å². The van der Waals surface area contributed by atoms with Crippen molar-refractivity contribution in [2.45, 2.75) is 13.8 Å². The summed E-state index contributed by atoms with van der Waals surface area (Å²) in [6.07, 6.45) is 3.53. The van der Waals surface area contributed by atoms with Gasteiger partial charge in [-0.05, 0) is 41.9 Å². The van der Waals surface area contributed by atoms with Crippen LogP contribution in [0.25, 0.3) is 5.69 Å². The first kappa shape index (κ1) is 9.40. The highest BCUT2D eigenvalue weighted by molar-refractivity contribution is 9.10. The SMILES string of the molecule is Cc1nn(-c2ccncc2)c(C)c1Br. The van der Waals surface area contributed by atoms with Crippen molar-refractivity contribution in [2.24, 2.45) is 0 Å². The average Bonchev–Trinajstić information content (AvgIpc) is 2.47. The molecule has 4 heteroatoms. The summed E-state index contributed by atoms with van der Waals surface area (Å²) in [4.78, 5) is 3.98. The van der Waals surface area contributed by atoms with Gasteiger partial charge in [0.25, 0.3) is 0 Å². The van der Waals surface area contributed by atoms with Crippen LogP contribution >= 0.6 is 15.9 Å². The molecule has 2 aromatic rings. The molecule has 0 fully saturated rings. The van der Waals surface area contributed by atoms with Gasteiger partial charge in [-0.2, -0.15) is 5.10 Å². The lowest BCUT2D eigenvalue weighted by Crippen LogP contribution is -1.98. The summed E-state index contributed by atoms with van der Waals surface area (Å²) in [5, 5.41) is 4.42. The van der Waals surface area contributed by atoms with Crippen molar-refractivity contribution in [1.82, 2.24) is 14.8 Å². The maximum Gasteiger partial charge on any atom is 0.0743 e. The molecule has 0 aliphatic rings. The quantitative estimate of drug-likeness (QED) is 0.781. The highest BCUT2D eigenvalue weighted by atomic mass is 79.9. The highest BCUT2D eigenvalue weighted by Crippen LogP contribution is 2.22. The van der Waals surface area contributed by atoms with Crippen LogP contribution in [0.4, 0.5) is 0 Å². The third-order valence-electron chi connectivity index (χ3n) is 2.11. The Kier molecular flexibility index (Phi) is 2.37. The van der Waals surface area contributed by atoms with E-state index in [4.69, 9.17) is 0 Å². The van der Waals surface area contributed by atoms with Gasteiger partial charge in [-0.1, -0.05) is 0 Å². The number of hydrogen-bond acceptors (Lipinski definition) is 2. The molecule has 72 valence electrons. The lowest BCUT2D eigenvalue weighted by atomic mass is 10.4. The maximum absolute atomic E-state index is 4.42. The van der Waals surface area contributed by atoms with Crippen molar-refractivity contribution in [2.75, 3.05) is 0 Å². The summed E-state index contributed by atoms with van der Waals surface area (Å²) in [7, 11) is 0. The Morgan fingerprint density at radius 3 is 2.36 bits per heavy atom. The average molecular weight is 252 g/mol. The van der Waals surface area contributed by atoms with Gasteiger partial charge in [0.1, 0.15) is 0 Å². The summed E-state index contributed by atoms with van der Waals surface area (Å²) in [6, 6.07) is 3.87. The van der Waals surface area contributed by atoms with Crippen LogP contribution in [0, 0.1) is 13.8 Å². The molecule has 0 spiro atoms. The van der Waals surface area contributed by atoms with Crippen molar-refractivity contribution in [1.29, 1.82) is 0 Å². The van der Waals surface area contributed by atoms with Crippen molar-refractivity contribution in [3.63, 3.8) is 0 Å². The second-order valence-corrected chi connectivity index (χ2v) is 3.90. The molecule has 14 heavy (non-hydrogen) atoms. The Labute approximate surface area is 90.9 Å². The highest BCUT2D eigenvalue weighted by Gasteiger charge is 2.09. The summed E-state index contributed by atoms with van der Waals surface area (Å²) >= 11 is 3.50. The Morgan fingerprint density at radius 2 is 1.86 bits per heavy atom. The summed E-state index contributed by atoms with van der Waals surface area (Å²) in [6.45, 7) is 4.01. The van der Waals surface area contributed by atoms with Crippen LogP contribution < -0.4 is 0 Å². The monoisotopic (exact) mass is 251 g/mol. The van der Waals surface area contributed by atoms with Gasteiger partial charge in [-0.15, -0.1) is 0 Å². The van der Waals surface area contributed by atoms with E-state index in [-0.39, 0.29) is 0 Å². The third-order valence-corrected chi connectivity index (χ3v) is 3.26. The van der Waals surface area contributed by atoms with Gasteiger partial charge in [0.15, 0.2) is 0 Å². The fraction of sp³-hybridized carbons (Fsp3) is 0.200. The number of aromatic nitrogens is 3. The van der Waals surface area contributed by atoms with E-state index in [9.17, 15) is 0 Å². The predicted octanol–water partition coefficient (Wildman–Crippen LogP) is 2.65. The normalized spacial score (nSPS) is 10.5. The van der Waals surface area contributed by atoms with Crippen molar-refractivity contribution >= 4 is 15.9 Å². The molecule has 2 aromatic heterocycles. The van der Waals surface area contributed by atoms with Crippen molar-refractivity contribution in [3.8, 4) is 5.69 Å². The zero-order chi connectivity index (χ0) is 10.1. The first-order chi connectivity index (χ1) is 6.70. The summed E-state index contributed by atoms with van der Waals surface area (Å²) in [5.74, 6) is 0. The van der Waals surface area contributed by atoms with E-state index in [0.29, 0.717) is 0 Å². The predicted molar refractivity (Wildman–Crippen MR) is 58.5 cm³/mol. The first-order valence-corrected chi connectivity index (χ1v) is 5.11. The smallest absolute Gasteiger partial charge is 0.0743 e. The molecule has 0 aliphatic carbocycles. The van der Waals surface area contributed by atoms with Gasteiger partial charge >= 0.3 is 0 Å². The molecule has 0 aromatic carbocycles. The second kappa shape index (κ2) is 3.53. The van der Waals surface area contributed by atoms with Gasteiger partial charge in [-0.25, -0.2) is 4.68 Å². The Balaban J connectivity index is 2.58. The molecular weight excluding hydrogens is 242 g/mol. The zero-order valence-electron chi connectivity index (χ0n) is 8.03. The lowest BCUT2D eigenvalue weighted by molar-refractivity contribution is 0.831. The molecule has 0 unspecified atom stereocenters. The Hall–Kier alpha value is -1.16. The molecule has 0 N–H and O–H groups in total. The third kappa shape index (κ3) is 1.46. The largest absolute Gasteiger partial charge is 0.265 e. The summed E-state index contributed by atoms with van der Waals surface area (Å²) < 4.78 is 2.97. The number of halogens is 1. The van der Waals surface area contributed by atoms with E-state index in [2.05, 4.69) is 26.0 Å². The lowest BCUT2D eigenvalue weighted by Gasteiger charge is -2.02. The van der Waals surface area contributed by atoms with Crippen molar-refractivity contribution in [3.05, 3.63) is 40.4 Å². The number of nitrogens with zero attached hydrogens (tertiary/aromatic N) is 3. The number of pyridine rings is 1. The van der Waals surface area contributed by atoms with E-state index in [1.54, 1.807) is 12.4 Å². The standard InChI is InChI=1S/C10H10BrN3/c1-7-10(11)8(2)14(13-7)9-3-5-12-6-4-9/h3-6H,1-2H3. The molecule has 0 saturated heterocycles. The Bertz CT molecular complexity index is 448. The van der Waals surface area contributed by atoms with Crippen LogP contribution in [0.2, 0.25) is 0 Å². The molecule has 2 heterocycles. The molecule has 0 radical (unpaired) electrons. The fourth-order valence-corrected chi connectivity index (χ4v) is 1.61. The Morgan fingerprint density at radius 1 is 1.21 bits per heavy atom. The van der Waals surface area contributed by atoms with Crippen LogP contribution in [0.15, 0.2) is 29.0 Å². The number of hydrogen-bond donors (Lipinski definition) is 0. The number of aryl methyl sites for hydroxylation is 1. The van der Waals surface area contributed by atoms with E-state index >= 15 is 0 Å². The van der Waals surface area contributed by atoms with Crippen molar-refractivity contribution < 1.29 is 0 Å². The van der Waals surface area contributed by atoms with Crippen LogP contribution in [0.1, 0.15) is 11.4 Å². The van der Waals surface area contributed by atoms with Crippen LogP contribution in [0.5, 0.6) is 0 Å². The first-order valence-electron chi connectivity index (χ1n) is 4.32. The fourth-order valence-electron chi connectivity index (χ4n) is 1.36. The second-order valence-electron chi connectivity index (χ2n) is 3.10. The molecule has 0 bridgehead atoms. The molecule has 0 saturated carbocycles. The minimum atomic E-state index is 0.999. The minimum Gasteiger partial charge on any atom is -0.265 e. The van der Waals surface area contributed by atoms with Gasteiger partial charge in [-0.3, -0.25) is 4.98 Å². The van der Waals surface area contributed by atoms with Gasteiger partial charge in [0.2, 0.25) is 0 Å². The molecular formula is C10H10BrN3. The van der Waals surface area contributed by atoms with Gasteiger partial charge < -0.3 is 0 Å². The maximum atomic E-state index is 4.42. The van der Waals surface area contributed by atoms with Gasteiger partial charge in [0, 0.05) is 12.4 Å². The van der Waals surface area contributed by atoms with E-state index in [1.165, 1.54) is 0 Å². The van der Waals surface area contributed by atoms with Gasteiger partial charge in [0.05, 0.1) is 21.5 Å². The van der Waals surface area contributed by atoms with E-state index in [1.807, 2.05) is 30.7 Å². The molecule has 3 nitrogen and oxygen atoms in total. The topological polar surface area (TPSA) is 30.7 Å². The van der Waals surface area contributed by atoms with E-state index < -0.39 is 0 Å². The van der Waals surface area contributed by atoms with Crippen LogP contribution in [0.3, 0.4) is 0 Å². The van der Waals surface area contributed by atoms with Crippen LogP contribution in [-0.4, -0.2) is 14.8 Å². The number of rotatable bonds is 1. The molecule has 0 amide bonds. The molecule has 2 rings (SSSR count). The zero-order valence-corrected chi connectivity index (χ0v) is 9.62. The minimum absolute atomic E-state index is 0.999. The molecule has 0 aliphatic heterocycles. The molecule has 0 atom stereocenters. The summed E-state index contributed by atoms with van der Waals surface area (Å²) in [5.41, 5.74) is 3.14.